The number of carbonyl (C=O) groups is 1. The van der Waals surface area contributed by atoms with Crippen LogP contribution in [0.1, 0.15) is 17.4 Å². The number of anilines is 1. The summed E-state index contributed by atoms with van der Waals surface area (Å²) in [7, 11) is 3.69. The molecule has 0 fully saturated rings. The van der Waals surface area contributed by atoms with Gasteiger partial charge in [0.25, 0.3) is 5.91 Å². The van der Waals surface area contributed by atoms with E-state index in [9.17, 15) is 4.79 Å². The Hall–Kier alpha value is -1.69. The van der Waals surface area contributed by atoms with Gasteiger partial charge in [-0.05, 0) is 19.1 Å². The molecule has 0 aliphatic rings. The zero-order chi connectivity index (χ0) is 11.3. The fraction of sp³-hybridized carbons (Fsp3) is 0.444. The predicted molar refractivity (Wildman–Crippen MR) is 57.3 cm³/mol. The van der Waals surface area contributed by atoms with E-state index in [0.717, 1.165) is 0 Å². The van der Waals surface area contributed by atoms with E-state index in [4.69, 9.17) is 0 Å². The van der Waals surface area contributed by atoms with Gasteiger partial charge < -0.3 is 10.7 Å². The number of hydrogen-bond donors (Lipinski definition) is 2. The van der Waals surface area contributed by atoms with E-state index in [1.807, 2.05) is 21.0 Å². The Labute approximate surface area is 88.7 Å². The van der Waals surface area contributed by atoms with Gasteiger partial charge in [-0.3, -0.25) is 4.79 Å². The molecule has 0 aliphatic heterocycles. The monoisotopic (exact) mass is 209 g/mol. The second-order valence-electron chi connectivity index (χ2n) is 3.17. The summed E-state index contributed by atoms with van der Waals surface area (Å²) >= 11 is 0. The van der Waals surface area contributed by atoms with Crippen LogP contribution in [0.3, 0.4) is 0 Å². The van der Waals surface area contributed by atoms with Crippen molar-refractivity contribution in [1.29, 1.82) is 0 Å². The molecule has 1 rings (SSSR count). The van der Waals surface area contributed by atoms with E-state index in [-0.39, 0.29) is 5.91 Å². The molecular formula is C9H15N5O. The molecule has 0 saturated carbocycles. The van der Waals surface area contributed by atoms with Gasteiger partial charge >= 0.3 is 0 Å². The largest absolute Gasteiger partial charge is 0.351 e. The van der Waals surface area contributed by atoms with Gasteiger partial charge in [-0.2, -0.15) is 0 Å². The van der Waals surface area contributed by atoms with E-state index in [1.54, 1.807) is 17.1 Å². The average Bonchev–Trinajstić information content (AvgIpc) is 2.18. The van der Waals surface area contributed by atoms with Crippen LogP contribution in [0.15, 0.2) is 12.1 Å². The van der Waals surface area contributed by atoms with E-state index in [2.05, 4.69) is 20.9 Å². The Bertz CT molecular complexity index is 322. The highest BCUT2D eigenvalue weighted by molar-refractivity contribution is 5.92. The fourth-order valence-corrected chi connectivity index (χ4v) is 0.993. The van der Waals surface area contributed by atoms with Gasteiger partial charge in [0, 0.05) is 20.6 Å². The Balaban J connectivity index is 2.67. The minimum absolute atomic E-state index is 0.207. The van der Waals surface area contributed by atoms with Gasteiger partial charge in [0.05, 0.1) is 0 Å². The maximum Gasteiger partial charge on any atom is 0.271 e. The normalized spacial score (nSPS) is 10.1. The molecule has 0 aromatic carbocycles. The highest BCUT2D eigenvalue weighted by Gasteiger charge is 2.06. The minimum Gasteiger partial charge on any atom is -0.351 e. The predicted octanol–water partition coefficient (Wildman–Crippen LogP) is 0.115. The lowest BCUT2D eigenvalue weighted by Gasteiger charge is -2.11. The number of hydrogen-bond acceptors (Lipinski definition) is 5. The van der Waals surface area contributed by atoms with Crippen molar-refractivity contribution in [1.82, 2.24) is 20.5 Å². The summed E-state index contributed by atoms with van der Waals surface area (Å²) < 4.78 is 0. The van der Waals surface area contributed by atoms with Gasteiger partial charge in [0.15, 0.2) is 11.5 Å². The molecule has 1 aromatic heterocycles. The number of nitrogens with one attached hydrogen (secondary N) is 2. The first-order valence-corrected chi connectivity index (χ1v) is 4.69. The highest BCUT2D eigenvalue weighted by atomic mass is 16.1. The summed E-state index contributed by atoms with van der Waals surface area (Å²) in [6.07, 6.45) is 0. The van der Waals surface area contributed by atoms with E-state index < -0.39 is 0 Å². The summed E-state index contributed by atoms with van der Waals surface area (Å²) in [4.78, 5) is 11.3. The molecule has 6 heteroatoms. The standard InChI is InChI=1S/C9H15N5O/c1-4-10-9(15)7-5-6-8(12-11-7)13-14(2)3/h5-6H,4H2,1-3H3,(H,10,15)(H,12,13). The van der Waals surface area contributed by atoms with Crippen LogP contribution in [0.25, 0.3) is 0 Å². The van der Waals surface area contributed by atoms with Crippen LogP contribution in [0.4, 0.5) is 5.82 Å². The number of amides is 1. The Kier molecular flexibility index (Phi) is 3.99. The molecule has 15 heavy (non-hydrogen) atoms. The molecule has 1 heterocycles. The molecule has 0 unspecified atom stereocenters. The molecule has 2 N–H and O–H groups in total. The first-order valence-electron chi connectivity index (χ1n) is 4.69. The van der Waals surface area contributed by atoms with Crippen LogP contribution in [-0.4, -0.2) is 41.8 Å². The van der Waals surface area contributed by atoms with Crippen molar-refractivity contribution >= 4 is 11.7 Å². The molecule has 0 bridgehead atoms. The third-order valence-corrected chi connectivity index (χ3v) is 1.57. The molecule has 1 aromatic rings. The van der Waals surface area contributed by atoms with Crippen LogP contribution in [0.5, 0.6) is 0 Å². The second-order valence-corrected chi connectivity index (χ2v) is 3.17. The second kappa shape index (κ2) is 5.26. The van der Waals surface area contributed by atoms with Crippen molar-refractivity contribution in [2.75, 3.05) is 26.1 Å². The lowest BCUT2D eigenvalue weighted by molar-refractivity contribution is 0.0950. The molecule has 1 amide bonds. The molecule has 0 aliphatic carbocycles. The molecule has 82 valence electrons. The molecular weight excluding hydrogens is 194 g/mol. The van der Waals surface area contributed by atoms with Crippen LogP contribution >= 0.6 is 0 Å². The van der Waals surface area contributed by atoms with Gasteiger partial charge in [0.1, 0.15) is 0 Å². The van der Waals surface area contributed by atoms with Crippen molar-refractivity contribution in [2.24, 2.45) is 0 Å². The zero-order valence-corrected chi connectivity index (χ0v) is 9.11. The lowest BCUT2D eigenvalue weighted by atomic mass is 10.3. The average molecular weight is 209 g/mol. The van der Waals surface area contributed by atoms with E-state index in [0.29, 0.717) is 18.1 Å². The summed E-state index contributed by atoms with van der Waals surface area (Å²) in [6, 6.07) is 3.33. The fourth-order valence-electron chi connectivity index (χ4n) is 0.993. The van der Waals surface area contributed by atoms with Crippen molar-refractivity contribution in [3.8, 4) is 0 Å². The topological polar surface area (TPSA) is 70.2 Å². The first-order chi connectivity index (χ1) is 7.13. The molecule has 0 atom stereocenters. The number of hydrazine groups is 1. The van der Waals surface area contributed by atoms with Gasteiger partial charge in [-0.15, -0.1) is 10.2 Å². The van der Waals surface area contributed by atoms with E-state index in [1.165, 1.54) is 0 Å². The summed E-state index contributed by atoms with van der Waals surface area (Å²) in [5.74, 6) is 0.398. The Morgan fingerprint density at radius 1 is 1.40 bits per heavy atom. The summed E-state index contributed by atoms with van der Waals surface area (Å²) in [6.45, 7) is 2.44. The van der Waals surface area contributed by atoms with Gasteiger partial charge in [0.2, 0.25) is 0 Å². The van der Waals surface area contributed by atoms with Crippen molar-refractivity contribution < 1.29 is 4.79 Å². The minimum atomic E-state index is -0.207. The lowest BCUT2D eigenvalue weighted by Crippen LogP contribution is -2.25. The molecule has 6 nitrogen and oxygen atoms in total. The number of aromatic nitrogens is 2. The van der Waals surface area contributed by atoms with Crippen molar-refractivity contribution in [2.45, 2.75) is 6.92 Å². The zero-order valence-electron chi connectivity index (χ0n) is 9.11. The summed E-state index contributed by atoms with van der Waals surface area (Å²) in [5, 5.41) is 12.1. The maximum atomic E-state index is 11.3. The smallest absolute Gasteiger partial charge is 0.271 e. The third-order valence-electron chi connectivity index (χ3n) is 1.57. The number of rotatable bonds is 4. The Morgan fingerprint density at radius 3 is 2.60 bits per heavy atom. The van der Waals surface area contributed by atoms with E-state index >= 15 is 0 Å². The summed E-state index contributed by atoms with van der Waals surface area (Å²) in [5.41, 5.74) is 3.25. The van der Waals surface area contributed by atoms with Crippen LogP contribution < -0.4 is 10.7 Å². The van der Waals surface area contributed by atoms with Crippen LogP contribution in [0, 0.1) is 0 Å². The number of nitrogens with zero attached hydrogens (tertiary/aromatic N) is 3. The highest BCUT2D eigenvalue weighted by Crippen LogP contribution is 2.01. The van der Waals surface area contributed by atoms with Crippen LogP contribution in [0.2, 0.25) is 0 Å². The first kappa shape index (κ1) is 11.4. The van der Waals surface area contributed by atoms with Crippen molar-refractivity contribution in [3.63, 3.8) is 0 Å². The van der Waals surface area contributed by atoms with Gasteiger partial charge in [-0.1, -0.05) is 0 Å². The molecule has 0 spiro atoms. The Morgan fingerprint density at radius 2 is 2.13 bits per heavy atom. The third kappa shape index (κ3) is 3.51. The van der Waals surface area contributed by atoms with Gasteiger partial charge in [-0.25, -0.2) is 5.01 Å². The molecule has 0 saturated heterocycles. The van der Waals surface area contributed by atoms with Crippen molar-refractivity contribution in [3.05, 3.63) is 17.8 Å². The molecule has 0 radical (unpaired) electrons. The quantitative estimate of drug-likeness (QED) is 0.689. The maximum absolute atomic E-state index is 11.3. The number of carbonyl (C=O) groups excluding carboxylic acids is 1. The SMILES string of the molecule is CCNC(=O)c1ccc(NN(C)C)nn1. The van der Waals surface area contributed by atoms with Crippen LogP contribution in [-0.2, 0) is 0 Å².